The Morgan fingerprint density at radius 1 is 1.30 bits per heavy atom. The monoisotopic (exact) mass is 391 g/mol. The maximum atomic E-state index is 13.8. The van der Waals surface area contributed by atoms with Gasteiger partial charge in [0.15, 0.2) is 5.96 Å². The van der Waals surface area contributed by atoms with Crippen LogP contribution in [0.3, 0.4) is 0 Å². The number of aliphatic imine (C=N–C) groups is 1. The van der Waals surface area contributed by atoms with Gasteiger partial charge in [0.05, 0.1) is 18.7 Å². The van der Waals surface area contributed by atoms with Crippen molar-refractivity contribution in [1.82, 2.24) is 0 Å². The van der Waals surface area contributed by atoms with Gasteiger partial charge in [-0.2, -0.15) is 0 Å². The van der Waals surface area contributed by atoms with Crippen LogP contribution in [0.1, 0.15) is 18.4 Å². The second-order valence-electron chi connectivity index (χ2n) is 6.58. The molecule has 1 aliphatic heterocycles. The Balaban J connectivity index is 1.77. The number of ether oxygens (including phenoxy) is 2. The predicted octanol–water partition coefficient (Wildman–Crippen LogP) is 3.96. The molecule has 2 aromatic rings. The highest BCUT2D eigenvalue weighted by atomic mass is 35.5. The van der Waals surface area contributed by atoms with Crippen molar-refractivity contribution < 1.29 is 13.9 Å². The number of benzene rings is 2. The Labute approximate surface area is 163 Å². The predicted molar refractivity (Wildman–Crippen MR) is 106 cm³/mol. The lowest BCUT2D eigenvalue weighted by molar-refractivity contribution is 0.0530. The van der Waals surface area contributed by atoms with Gasteiger partial charge in [-0.1, -0.05) is 23.7 Å². The molecule has 144 valence electrons. The van der Waals surface area contributed by atoms with Crippen LogP contribution in [0, 0.1) is 5.82 Å². The highest BCUT2D eigenvalue weighted by Crippen LogP contribution is 2.35. The van der Waals surface area contributed by atoms with E-state index in [9.17, 15) is 4.39 Å². The zero-order valence-electron chi connectivity index (χ0n) is 15.2. The van der Waals surface area contributed by atoms with Gasteiger partial charge in [0.2, 0.25) is 0 Å². The summed E-state index contributed by atoms with van der Waals surface area (Å²) in [5.41, 5.74) is 7.42. The molecule has 0 saturated carbocycles. The Morgan fingerprint density at radius 3 is 2.74 bits per heavy atom. The molecule has 0 spiro atoms. The van der Waals surface area contributed by atoms with Crippen LogP contribution in [0.5, 0.6) is 5.75 Å². The number of nitrogens with zero attached hydrogens (tertiary/aromatic N) is 1. The fourth-order valence-electron chi connectivity index (χ4n) is 3.29. The molecule has 2 aromatic carbocycles. The van der Waals surface area contributed by atoms with Gasteiger partial charge in [-0.3, -0.25) is 4.99 Å². The van der Waals surface area contributed by atoms with E-state index >= 15 is 0 Å². The molecule has 3 rings (SSSR count). The molecule has 7 heteroatoms. The van der Waals surface area contributed by atoms with Crippen molar-refractivity contribution in [2.24, 2.45) is 10.7 Å². The van der Waals surface area contributed by atoms with Crippen LogP contribution in [0.25, 0.3) is 0 Å². The smallest absolute Gasteiger partial charge is 0.193 e. The average molecular weight is 392 g/mol. The molecule has 0 aromatic heterocycles. The van der Waals surface area contributed by atoms with E-state index in [0.29, 0.717) is 36.2 Å². The third-order valence-corrected chi connectivity index (χ3v) is 5.16. The van der Waals surface area contributed by atoms with Crippen LogP contribution in [0.4, 0.5) is 10.1 Å². The average Bonchev–Trinajstić information content (AvgIpc) is 2.67. The van der Waals surface area contributed by atoms with E-state index in [2.05, 4.69) is 10.3 Å². The zero-order valence-corrected chi connectivity index (χ0v) is 15.9. The minimum Gasteiger partial charge on any atom is -0.495 e. The van der Waals surface area contributed by atoms with E-state index in [1.54, 1.807) is 31.4 Å². The van der Waals surface area contributed by atoms with Crippen molar-refractivity contribution in [3.63, 3.8) is 0 Å². The normalized spacial score (nSPS) is 16.8. The largest absolute Gasteiger partial charge is 0.495 e. The Kier molecular flexibility index (Phi) is 6.19. The van der Waals surface area contributed by atoms with E-state index in [1.165, 1.54) is 6.07 Å². The van der Waals surface area contributed by atoms with Gasteiger partial charge in [-0.05, 0) is 48.7 Å². The summed E-state index contributed by atoms with van der Waals surface area (Å²) < 4.78 is 24.4. The number of halogens is 2. The molecule has 3 N–H and O–H groups in total. The first-order valence-corrected chi connectivity index (χ1v) is 9.14. The first kappa shape index (κ1) is 19.5. The van der Waals surface area contributed by atoms with Crippen molar-refractivity contribution >= 4 is 23.2 Å². The Bertz CT molecular complexity index is 823. The molecule has 0 amide bonds. The number of guanidine groups is 1. The minimum atomic E-state index is -0.287. The lowest BCUT2D eigenvalue weighted by Gasteiger charge is -2.36. The second-order valence-corrected chi connectivity index (χ2v) is 6.99. The lowest BCUT2D eigenvalue weighted by Crippen LogP contribution is -2.38. The molecule has 1 fully saturated rings. The lowest BCUT2D eigenvalue weighted by atomic mass is 9.74. The summed E-state index contributed by atoms with van der Waals surface area (Å²) >= 11 is 6.13. The Hall–Kier alpha value is -2.31. The quantitative estimate of drug-likeness (QED) is 0.598. The Morgan fingerprint density at radius 2 is 2.07 bits per heavy atom. The van der Waals surface area contributed by atoms with Gasteiger partial charge < -0.3 is 20.5 Å². The molecular formula is C20H23ClFN3O2. The van der Waals surface area contributed by atoms with Gasteiger partial charge >= 0.3 is 0 Å². The van der Waals surface area contributed by atoms with Gasteiger partial charge in [-0.25, -0.2) is 4.39 Å². The highest BCUT2D eigenvalue weighted by Gasteiger charge is 2.34. The number of hydrogen-bond donors (Lipinski definition) is 2. The molecule has 0 unspecified atom stereocenters. The summed E-state index contributed by atoms with van der Waals surface area (Å²) in [7, 11) is 1.56. The molecule has 1 aliphatic rings. The molecular weight excluding hydrogens is 369 g/mol. The third kappa shape index (κ3) is 4.70. The number of hydrogen-bond acceptors (Lipinski definition) is 3. The van der Waals surface area contributed by atoms with E-state index in [-0.39, 0.29) is 17.2 Å². The number of nitrogens with two attached hydrogens (primary N) is 1. The van der Waals surface area contributed by atoms with E-state index in [4.69, 9.17) is 26.8 Å². The van der Waals surface area contributed by atoms with E-state index < -0.39 is 0 Å². The number of rotatable bonds is 5. The summed E-state index contributed by atoms with van der Waals surface area (Å²) in [5.74, 6) is 0.616. The van der Waals surface area contributed by atoms with Gasteiger partial charge in [0, 0.05) is 24.3 Å². The van der Waals surface area contributed by atoms with Gasteiger partial charge in [0.1, 0.15) is 11.6 Å². The summed E-state index contributed by atoms with van der Waals surface area (Å²) in [5, 5.41) is 3.52. The number of nitrogens with one attached hydrogen (secondary N) is 1. The van der Waals surface area contributed by atoms with Crippen LogP contribution in [0.15, 0.2) is 47.5 Å². The fraction of sp³-hybridized carbons (Fsp3) is 0.350. The second kappa shape index (κ2) is 8.59. The van der Waals surface area contributed by atoms with Crippen LogP contribution in [0.2, 0.25) is 5.02 Å². The summed E-state index contributed by atoms with van der Waals surface area (Å²) in [6.07, 6.45) is 1.53. The highest BCUT2D eigenvalue weighted by molar-refractivity contribution is 6.32. The van der Waals surface area contributed by atoms with Crippen molar-refractivity contribution in [3.05, 3.63) is 58.9 Å². The van der Waals surface area contributed by atoms with Crippen LogP contribution < -0.4 is 15.8 Å². The maximum Gasteiger partial charge on any atom is 0.193 e. The number of methoxy groups -OCH3 is 1. The number of anilines is 1. The van der Waals surface area contributed by atoms with Crippen molar-refractivity contribution in [1.29, 1.82) is 0 Å². The third-order valence-electron chi connectivity index (χ3n) is 4.86. The maximum absolute atomic E-state index is 13.8. The zero-order chi connectivity index (χ0) is 19.3. The SMILES string of the molecule is COc1ccc(NC(N)=NCC2(c3cccc(F)c3)CCOCC2)cc1Cl. The van der Waals surface area contributed by atoms with Crippen LogP contribution >= 0.6 is 11.6 Å². The van der Waals surface area contributed by atoms with Crippen LogP contribution in [-0.4, -0.2) is 32.8 Å². The summed E-state index contributed by atoms with van der Waals surface area (Å²) in [4.78, 5) is 4.52. The molecule has 0 aliphatic carbocycles. The first-order valence-electron chi connectivity index (χ1n) is 8.77. The molecule has 0 radical (unpaired) electrons. The van der Waals surface area contributed by atoms with Gasteiger partial charge in [0.25, 0.3) is 0 Å². The molecule has 5 nitrogen and oxygen atoms in total. The van der Waals surface area contributed by atoms with Crippen molar-refractivity contribution in [2.75, 3.05) is 32.2 Å². The van der Waals surface area contributed by atoms with Crippen molar-refractivity contribution in [3.8, 4) is 5.75 Å². The molecule has 0 atom stereocenters. The van der Waals surface area contributed by atoms with Crippen LogP contribution in [-0.2, 0) is 10.2 Å². The molecule has 0 bridgehead atoms. The van der Waals surface area contributed by atoms with Crippen molar-refractivity contribution in [2.45, 2.75) is 18.3 Å². The van der Waals surface area contributed by atoms with E-state index in [0.717, 1.165) is 18.4 Å². The molecule has 27 heavy (non-hydrogen) atoms. The minimum absolute atomic E-state index is 0.249. The summed E-state index contributed by atoms with van der Waals surface area (Å²) in [6, 6.07) is 12.0. The standard InChI is InChI=1S/C20H23ClFN3O2/c1-26-18-6-5-16(12-17(18)21)25-19(23)24-13-20(7-9-27-10-8-20)14-3-2-4-15(22)11-14/h2-6,11-12H,7-10,13H2,1H3,(H3,23,24,25). The summed E-state index contributed by atoms with van der Waals surface area (Å²) in [6.45, 7) is 1.68. The van der Waals surface area contributed by atoms with Gasteiger partial charge in [-0.15, -0.1) is 0 Å². The fourth-order valence-corrected chi connectivity index (χ4v) is 3.54. The molecule has 1 saturated heterocycles. The van der Waals surface area contributed by atoms with E-state index in [1.807, 2.05) is 12.1 Å². The first-order chi connectivity index (χ1) is 13.0. The molecule has 1 heterocycles. The topological polar surface area (TPSA) is 68.9 Å².